The molecular formula is C11H14F3N. The lowest BCUT2D eigenvalue weighted by Crippen LogP contribution is -2.14. The second kappa shape index (κ2) is 4.55. The Kier molecular flexibility index (Phi) is 3.61. The maximum Gasteiger partial charge on any atom is 0.390 e. The molecule has 1 aromatic carbocycles. The predicted octanol–water partition coefficient (Wildman–Crippen LogP) is 3.67. The molecular weight excluding hydrogens is 203 g/mol. The Morgan fingerprint density at radius 3 is 2.07 bits per heavy atom. The standard InChI is InChI=1S/C11H14F3N/c1-8-5-9(2)7-10(6-8)15-4-3-11(12,13)14/h5-7,15H,3-4H2,1-2H3. The van der Waals surface area contributed by atoms with Crippen LogP contribution in [-0.4, -0.2) is 12.7 Å². The SMILES string of the molecule is Cc1cc(C)cc(NCCC(F)(F)F)c1. The molecule has 0 saturated carbocycles. The summed E-state index contributed by atoms with van der Waals surface area (Å²) in [7, 11) is 0. The summed E-state index contributed by atoms with van der Waals surface area (Å²) >= 11 is 0. The van der Waals surface area contributed by atoms with Gasteiger partial charge in [-0.1, -0.05) is 6.07 Å². The van der Waals surface area contributed by atoms with Crippen molar-refractivity contribution in [3.8, 4) is 0 Å². The Balaban J connectivity index is 2.51. The molecule has 1 rings (SSSR count). The van der Waals surface area contributed by atoms with Gasteiger partial charge >= 0.3 is 6.18 Å². The topological polar surface area (TPSA) is 12.0 Å². The molecule has 0 aliphatic heterocycles. The third-order valence-electron chi connectivity index (χ3n) is 1.96. The first-order chi connectivity index (χ1) is 6.87. The molecule has 0 fully saturated rings. The zero-order chi connectivity index (χ0) is 11.5. The van der Waals surface area contributed by atoms with Gasteiger partial charge in [0.15, 0.2) is 0 Å². The van der Waals surface area contributed by atoms with Gasteiger partial charge in [-0.2, -0.15) is 13.2 Å². The van der Waals surface area contributed by atoms with Gasteiger partial charge in [0, 0.05) is 12.2 Å². The molecule has 0 saturated heterocycles. The highest BCUT2D eigenvalue weighted by atomic mass is 19.4. The number of nitrogens with one attached hydrogen (secondary N) is 1. The van der Waals surface area contributed by atoms with Gasteiger partial charge in [-0.25, -0.2) is 0 Å². The Bertz CT molecular complexity index is 311. The van der Waals surface area contributed by atoms with Crippen molar-refractivity contribution in [1.82, 2.24) is 0 Å². The van der Waals surface area contributed by atoms with Crippen molar-refractivity contribution in [2.45, 2.75) is 26.4 Å². The molecule has 84 valence electrons. The first-order valence-electron chi connectivity index (χ1n) is 4.76. The Morgan fingerprint density at radius 2 is 1.60 bits per heavy atom. The predicted molar refractivity (Wildman–Crippen MR) is 55.1 cm³/mol. The number of benzene rings is 1. The van der Waals surface area contributed by atoms with Crippen molar-refractivity contribution in [3.05, 3.63) is 29.3 Å². The van der Waals surface area contributed by atoms with Gasteiger partial charge < -0.3 is 5.32 Å². The number of aryl methyl sites for hydroxylation is 2. The molecule has 0 heterocycles. The summed E-state index contributed by atoms with van der Waals surface area (Å²) in [6.07, 6.45) is -4.90. The Labute approximate surface area is 87.3 Å². The van der Waals surface area contributed by atoms with E-state index < -0.39 is 12.6 Å². The van der Waals surface area contributed by atoms with Crippen LogP contribution in [0.5, 0.6) is 0 Å². The van der Waals surface area contributed by atoms with E-state index in [1.54, 1.807) is 0 Å². The molecule has 0 spiro atoms. The first-order valence-corrected chi connectivity index (χ1v) is 4.76. The molecule has 1 nitrogen and oxygen atoms in total. The van der Waals surface area contributed by atoms with E-state index in [0.29, 0.717) is 0 Å². The van der Waals surface area contributed by atoms with E-state index in [1.807, 2.05) is 32.0 Å². The van der Waals surface area contributed by atoms with Crippen LogP contribution in [-0.2, 0) is 0 Å². The van der Waals surface area contributed by atoms with Crippen molar-refractivity contribution in [1.29, 1.82) is 0 Å². The van der Waals surface area contributed by atoms with Gasteiger partial charge in [0.1, 0.15) is 0 Å². The summed E-state index contributed by atoms with van der Waals surface area (Å²) in [6, 6.07) is 5.65. The summed E-state index contributed by atoms with van der Waals surface area (Å²) in [6.45, 7) is 3.76. The van der Waals surface area contributed by atoms with Crippen molar-refractivity contribution in [3.63, 3.8) is 0 Å². The maximum atomic E-state index is 11.9. The first kappa shape index (κ1) is 11.9. The average molecular weight is 217 g/mol. The van der Waals surface area contributed by atoms with Crippen LogP contribution in [0, 0.1) is 13.8 Å². The third kappa shape index (κ3) is 4.72. The van der Waals surface area contributed by atoms with Crippen LogP contribution in [0.25, 0.3) is 0 Å². The second-order valence-corrected chi connectivity index (χ2v) is 3.67. The van der Waals surface area contributed by atoms with Gasteiger partial charge in [0.05, 0.1) is 6.42 Å². The maximum absolute atomic E-state index is 11.9. The van der Waals surface area contributed by atoms with Gasteiger partial charge in [0.25, 0.3) is 0 Å². The summed E-state index contributed by atoms with van der Waals surface area (Å²) in [5, 5.41) is 2.76. The third-order valence-corrected chi connectivity index (χ3v) is 1.96. The fourth-order valence-corrected chi connectivity index (χ4v) is 1.43. The average Bonchev–Trinajstić information content (AvgIpc) is 1.99. The number of hydrogen-bond acceptors (Lipinski definition) is 1. The quantitative estimate of drug-likeness (QED) is 0.814. The summed E-state index contributed by atoms with van der Waals surface area (Å²) in [4.78, 5) is 0. The smallest absolute Gasteiger partial charge is 0.385 e. The van der Waals surface area contributed by atoms with Gasteiger partial charge in [-0.15, -0.1) is 0 Å². The van der Waals surface area contributed by atoms with Crippen LogP contribution in [0.15, 0.2) is 18.2 Å². The van der Waals surface area contributed by atoms with E-state index in [9.17, 15) is 13.2 Å². The molecule has 0 atom stereocenters. The molecule has 1 N–H and O–H groups in total. The van der Waals surface area contributed by atoms with Crippen LogP contribution in [0.3, 0.4) is 0 Å². The van der Waals surface area contributed by atoms with Crippen molar-refractivity contribution < 1.29 is 13.2 Å². The summed E-state index contributed by atoms with van der Waals surface area (Å²) in [5.41, 5.74) is 2.84. The van der Waals surface area contributed by atoms with E-state index in [4.69, 9.17) is 0 Å². The van der Waals surface area contributed by atoms with Crippen LogP contribution >= 0.6 is 0 Å². The number of halogens is 3. The van der Waals surface area contributed by atoms with Gasteiger partial charge in [-0.3, -0.25) is 0 Å². The zero-order valence-corrected chi connectivity index (χ0v) is 8.78. The lowest BCUT2D eigenvalue weighted by Gasteiger charge is -2.10. The highest BCUT2D eigenvalue weighted by Gasteiger charge is 2.25. The van der Waals surface area contributed by atoms with Crippen molar-refractivity contribution in [2.75, 3.05) is 11.9 Å². The van der Waals surface area contributed by atoms with Gasteiger partial charge in [-0.05, 0) is 37.1 Å². The van der Waals surface area contributed by atoms with E-state index in [-0.39, 0.29) is 6.54 Å². The summed E-state index contributed by atoms with van der Waals surface area (Å²) < 4.78 is 35.6. The van der Waals surface area contributed by atoms with Crippen molar-refractivity contribution >= 4 is 5.69 Å². The van der Waals surface area contributed by atoms with Gasteiger partial charge in [0.2, 0.25) is 0 Å². The van der Waals surface area contributed by atoms with E-state index in [0.717, 1.165) is 16.8 Å². The van der Waals surface area contributed by atoms with Crippen LogP contribution in [0.2, 0.25) is 0 Å². The lowest BCUT2D eigenvalue weighted by molar-refractivity contribution is -0.131. The number of anilines is 1. The lowest BCUT2D eigenvalue weighted by atomic mass is 10.1. The van der Waals surface area contributed by atoms with E-state index >= 15 is 0 Å². The zero-order valence-electron chi connectivity index (χ0n) is 8.78. The molecule has 0 aliphatic carbocycles. The van der Waals surface area contributed by atoms with Crippen LogP contribution in [0.1, 0.15) is 17.5 Å². The fourth-order valence-electron chi connectivity index (χ4n) is 1.43. The molecule has 0 aromatic heterocycles. The molecule has 1 aromatic rings. The number of rotatable bonds is 3. The molecule has 0 unspecified atom stereocenters. The van der Waals surface area contributed by atoms with E-state index in [1.165, 1.54) is 0 Å². The summed E-state index contributed by atoms with van der Waals surface area (Å²) in [5.74, 6) is 0. The Hall–Kier alpha value is -1.19. The highest BCUT2D eigenvalue weighted by Crippen LogP contribution is 2.20. The molecule has 0 aliphatic rings. The molecule has 0 radical (unpaired) electrons. The second-order valence-electron chi connectivity index (χ2n) is 3.67. The fraction of sp³-hybridized carbons (Fsp3) is 0.455. The van der Waals surface area contributed by atoms with Crippen LogP contribution in [0.4, 0.5) is 18.9 Å². The largest absolute Gasteiger partial charge is 0.390 e. The minimum atomic E-state index is -4.09. The van der Waals surface area contributed by atoms with Crippen LogP contribution < -0.4 is 5.32 Å². The number of alkyl halides is 3. The molecule has 15 heavy (non-hydrogen) atoms. The van der Waals surface area contributed by atoms with E-state index in [2.05, 4.69) is 5.32 Å². The normalized spacial score (nSPS) is 11.5. The minimum Gasteiger partial charge on any atom is -0.385 e. The minimum absolute atomic E-state index is 0.0770. The molecule has 0 bridgehead atoms. The Morgan fingerprint density at radius 1 is 1.07 bits per heavy atom. The highest BCUT2D eigenvalue weighted by molar-refractivity contribution is 5.48. The number of hydrogen-bond donors (Lipinski definition) is 1. The molecule has 4 heteroatoms. The van der Waals surface area contributed by atoms with Crippen molar-refractivity contribution in [2.24, 2.45) is 0 Å². The molecule has 0 amide bonds. The monoisotopic (exact) mass is 217 g/mol.